The van der Waals surface area contributed by atoms with E-state index in [1.54, 1.807) is 0 Å². The summed E-state index contributed by atoms with van der Waals surface area (Å²) in [7, 11) is 0. The summed E-state index contributed by atoms with van der Waals surface area (Å²) in [5, 5.41) is 14.1. The molecule has 0 bridgehead atoms. The van der Waals surface area contributed by atoms with E-state index >= 15 is 0 Å². The lowest BCUT2D eigenvalue weighted by molar-refractivity contribution is -0.137. The first-order chi connectivity index (χ1) is 15.5. The molecule has 7 heteroatoms. The number of rotatable bonds is 11. The van der Waals surface area contributed by atoms with E-state index in [2.05, 4.69) is 34.9 Å². The number of aliphatic carboxylic acids is 1. The van der Waals surface area contributed by atoms with Gasteiger partial charge in [-0.15, -0.1) is 0 Å². The van der Waals surface area contributed by atoms with Crippen molar-refractivity contribution in [2.45, 2.75) is 51.0 Å². The lowest BCUT2D eigenvalue weighted by Crippen LogP contribution is -2.46. The number of carbonyl (C=O) groups excluding carboxylic acids is 2. The van der Waals surface area contributed by atoms with Gasteiger partial charge < -0.3 is 20.5 Å². The molecule has 7 nitrogen and oxygen atoms in total. The van der Waals surface area contributed by atoms with E-state index in [1.165, 1.54) is 0 Å². The minimum absolute atomic E-state index is 0.0344. The van der Waals surface area contributed by atoms with Crippen molar-refractivity contribution < 1.29 is 24.2 Å². The van der Waals surface area contributed by atoms with Crippen molar-refractivity contribution in [3.63, 3.8) is 0 Å². The number of alkyl carbamates (subject to hydrolysis) is 1. The van der Waals surface area contributed by atoms with E-state index < -0.39 is 18.1 Å². The van der Waals surface area contributed by atoms with Gasteiger partial charge in [-0.2, -0.15) is 0 Å². The Balaban J connectivity index is 1.47. The van der Waals surface area contributed by atoms with Gasteiger partial charge in [0.2, 0.25) is 5.91 Å². The summed E-state index contributed by atoms with van der Waals surface area (Å²) < 4.78 is 5.52. The van der Waals surface area contributed by atoms with Crippen molar-refractivity contribution >= 4 is 18.0 Å². The lowest BCUT2D eigenvalue weighted by atomic mass is 9.98. The first-order valence-corrected chi connectivity index (χ1v) is 11.1. The van der Waals surface area contributed by atoms with Gasteiger partial charge in [-0.1, -0.05) is 61.9 Å². The van der Waals surface area contributed by atoms with Gasteiger partial charge in [0.25, 0.3) is 0 Å². The Morgan fingerprint density at radius 2 is 1.59 bits per heavy atom. The molecule has 170 valence electrons. The zero-order valence-corrected chi connectivity index (χ0v) is 18.3. The molecule has 2 amide bonds. The summed E-state index contributed by atoms with van der Waals surface area (Å²) in [4.78, 5) is 35.3. The molecule has 1 aliphatic rings. The van der Waals surface area contributed by atoms with Gasteiger partial charge in [0.05, 0.1) is 0 Å². The molecule has 0 aliphatic heterocycles. The van der Waals surface area contributed by atoms with Crippen molar-refractivity contribution in [1.82, 2.24) is 10.6 Å². The van der Waals surface area contributed by atoms with Gasteiger partial charge in [0, 0.05) is 18.9 Å². The zero-order valence-electron chi connectivity index (χ0n) is 18.3. The summed E-state index contributed by atoms with van der Waals surface area (Å²) in [6.45, 7) is 2.46. The fourth-order valence-corrected chi connectivity index (χ4v) is 4.05. The van der Waals surface area contributed by atoms with Crippen molar-refractivity contribution in [2.75, 3.05) is 13.2 Å². The summed E-state index contributed by atoms with van der Waals surface area (Å²) in [6.07, 6.45) is 1.96. The van der Waals surface area contributed by atoms with Crippen molar-refractivity contribution in [3.05, 3.63) is 59.7 Å². The van der Waals surface area contributed by atoms with Crippen LogP contribution in [-0.2, 0) is 14.3 Å². The molecule has 1 aliphatic carbocycles. The quantitative estimate of drug-likeness (QED) is 0.459. The third-order valence-corrected chi connectivity index (χ3v) is 5.73. The van der Waals surface area contributed by atoms with E-state index in [1.807, 2.05) is 31.2 Å². The van der Waals surface area contributed by atoms with Crippen LogP contribution in [0.4, 0.5) is 4.79 Å². The standard InChI is InChI=1S/C25H30N2O5/c1-2-22(24(30)26-15-9-3-4-14-23(28)29)27-25(31)32-16-21-19-12-7-5-10-17(19)18-11-6-8-13-20(18)21/h5-8,10-13,21-22H,2-4,9,14-16H2,1H3,(H,26,30)(H,27,31)(H,28,29). The first-order valence-electron chi connectivity index (χ1n) is 11.1. The molecule has 32 heavy (non-hydrogen) atoms. The maximum Gasteiger partial charge on any atom is 0.407 e. The predicted molar refractivity (Wildman–Crippen MR) is 121 cm³/mol. The van der Waals surface area contributed by atoms with Gasteiger partial charge in [-0.05, 0) is 41.5 Å². The second-order valence-corrected chi connectivity index (χ2v) is 7.93. The molecule has 0 heterocycles. The van der Waals surface area contributed by atoms with Crippen LogP contribution in [0.2, 0.25) is 0 Å². The highest BCUT2D eigenvalue weighted by molar-refractivity contribution is 5.85. The van der Waals surface area contributed by atoms with Crippen molar-refractivity contribution in [1.29, 1.82) is 0 Å². The minimum Gasteiger partial charge on any atom is -0.481 e. The predicted octanol–water partition coefficient (Wildman–Crippen LogP) is 4.06. The molecule has 3 rings (SSSR count). The molecule has 0 radical (unpaired) electrons. The largest absolute Gasteiger partial charge is 0.481 e. The number of carboxylic acid groups (broad SMARTS) is 1. The minimum atomic E-state index is -0.813. The molecular weight excluding hydrogens is 408 g/mol. The Morgan fingerprint density at radius 1 is 0.969 bits per heavy atom. The molecule has 2 aromatic carbocycles. The van der Waals surface area contributed by atoms with Gasteiger partial charge in [0.1, 0.15) is 12.6 Å². The van der Waals surface area contributed by atoms with Crippen LogP contribution < -0.4 is 10.6 Å². The van der Waals surface area contributed by atoms with Crippen molar-refractivity contribution in [2.24, 2.45) is 0 Å². The van der Waals surface area contributed by atoms with Crippen molar-refractivity contribution in [3.8, 4) is 11.1 Å². The molecule has 0 fully saturated rings. The molecule has 0 spiro atoms. The average molecular weight is 439 g/mol. The monoisotopic (exact) mass is 438 g/mol. The second-order valence-electron chi connectivity index (χ2n) is 7.93. The molecular formula is C25H30N2O5. The maximum atomic E-state index is 12.4. The van der Waals surface area contributed by atoms with Crippen LogP contribution in [0.15, 0.2) is 48.5 Å². The average Bonchev–Trinajstić information content (AvgIpc) is 3.11. The highest BCUT2D eigenvalue weighted by atomic mass is 16.5. The normalized spacial score (nSPS) is 13.0. The fraction of sp³-hybridized carbons (Fsp3) is 0.400. The number of benzene rings is 2. The SMILES string of the molecule is CCC(NC(=O)OCC1c2ccccc2-c2ccccc21)C(=O)NCCCCCC(=O)O. The van der Waals surface area contributed by atoms with Crippen LogP contribution in [0, 0.1) is 0 Å². The van der Waals surface area contributed by atoms with Crippen LogP contribution in [0.1, 0.15) is 56.1 Å². The van der Waals surface area contributed by atoms with Crippen LogP contribution in [-0.4, -0.2) is 42.3 Å². The van der Waals surface area contributed by atoms with Gasteiger partial charge in [0.15, 0.2) is 0 Å². The Kier molecular flexibility index (Phi) is 8.25. The molecule has 0 saturated heterocycles. The van der Waals surface area contributed by atoms with Gasteiger partial charge in [-0.3, -0.25) is 9.59 Å². The number of fused-ring (bicyclic) bond motifs is 3. The Hall–Kier alpha value is -3.35. The number of hydrogen-bond donors (Lipinski definition) is 3. The smallest absolute Gasteiger partial charge is 0.407 e. The first kappa shape index (κ1) is 23.3. The summed E-state index contributed by atoms with van der Waals surface area (Å²) in [5.41, 5.74) is 4.58. The van der Waals surface area contributed by atoms with Gasteiger partial charge >= 0.3 is 12.1 Å². The third kappa shape index (κ3) is 5.87. The summed E-state index contributed by atoms with van der Waals surface area (Å²) in [6, 6.07) is 15.6. The van der Waals surface area contributed by atoms with E-state index in [-0.39, 0.29) is 24.9 Å². The Labute approximate surface area is 188 Å². The van der Waals surface area contributed by atoms with E-state index in [0.29, 0.717) is 25.8 Å². The van der Waals surface area contributed by atoms with Crippen LogP contribution in [0.3, 0.4) is 0 Å². The van der Waals surface area contributed by atoms with Gasteiger partial charge in [-0.25, -0.2) is 4.79 Å². The number of unbranched alkanes of at least 4 members (excludes halogenated alkanes) is 2. The third-order valence-electron chi connectivity index (χ3n) is 5.73. The summed E-state index contributed by atoms with van der Waals surface area (Å²) in [5.74, 6) is -1.11. The summed E-state index contributed by atoms with van der Waals surface area (Å²) >= 11 is 0. The number of carbonyl (C=O) groups is 3. The Morgan fingerprint density at radius 3 is 2.19 bits per heavy atom. The molecule has 1 unspecified atom stereocenters. The molecule has 1 atom stereocenters. The second kappa shape index (κ2) is 11.3. The van der Waals surface area contributed by atoms with Crippen LogP contribution in [0.5, 0.6) is 0 Å². The fourth-order valence-electron chi connectivity index (χ4n) is 4.05. The number of nitrogens with one attached hydrogen (secondary N) is 2. The number of ether oxygens (including phenoxy) is 1. The maximum absolute atomic E-state index is 12.4. The molecule has 2 aromatic rings. The zero-order chi connectivity index (χ0) is 22.9. The lowest BCUT2D eigenvalue weighted by Gasteiger charge is -2.18. The molecule has 0 aromatic heterocycles. The number of carboxylic acids is 1. The van der Waals surface area contributed by atoms with Crippen LogP contribution >= 0.6 is 0 Å². The van der Waals surface area contributed by atoms with E-state index in [9.17, 15) is 14.4 Å². The highest BCUT2D eigenvalue weighted by Crippen LogP contribution is 2.44. The topological polar surface area (TPSA) is 105 Å². The molecule has 3 N–H and O–H groups in total. The number of amides is 2. The van der Waals surface area contributed by atoms with Crippen LogP contribution in [0.25, 0.3) is 11.1 Å². The highest BCUT2D eigenvalue weighted by Gasteiger charge is 2.29. The number of hydrogen-bond acceptors (Lipinski definition) is 4. The Bertz CT molecular complexity index is 913. The van der Waals surface area contributed by atoms with E-state index in [4.69, 9.17) is 9.84 Å². The van der Waals surface area contributed by atoms with E-state index in [0.717, 1.165) is 28.7 Å². The molecule has 0 saturated carbocycles.